The largest absolute Gasteiger partial charge is 0.443 e. The number of hydrogen-bond donors (Lipinski definition) is 1. The number of amides is 1. The van der Waals surface area contributed by atoms with Crippen LogP contribution in [0.3, 0.4) is 0 Å². The number of ether oxygens (including phenoxy) is 1. The van der Waals surface area contributed by atoms with E-state index in [0.717, 1.165) is 5.56 Å². The number of aliphatic hydroxyl groups excluding tert-OH is 1. The van der Waals surface area contributed by atoms with Gasteiger partial charge in [0.15, 0.2) is 0 Å². The Morgan fingerprint density at radius 1 is 1.27 bits per heavy atom. The molecule has 5 nitrogen and oxygen atoms in total. The molecule has 5 heteroatoms. The lowest BCUT2D eigenvalue weighted by Gasteiger charge is -2.39. The van der Waals surface area contributed by atoms with Crippen molar-refractivity contribution in [1.29, 1.82) is 0 Å². The Hall–Kier alpha value is -1.59. The van der Waals surface area contributed by atoms with Gasteiger partial charge in [0.05, 0.1) is 12.6 Å². The molecule has 0 unspecified atom stereocenters. The second kappa shape index (κ2) is 7.11. The first-order valence-electron chi connectivity index (χ1n) is 7.82. The summed E-state index contributed by atoms with van der Waals surface area (Å²) in [6.07, 6.45) is 0.739. The molecule has 1 heterocycles. The molecule has 1 N–H and O–H groups in total. The Balaban J connectivity index is 2.11. The number of benzene rings is 1. The van der Waals surface area contributed by atoms with Gasteiger partial charge in [-0.05, 0) is 39.2 Å². The molecule has 0 bridgehead atoms. The highest BCUT2D eigenvalue weighted by Gasteiger charge is 2.29. The van der Waals surface area contributed by atoms with Crippen LogP contribution < -0.4 is 0 Å². The van der Waals surface area contributed by atoms with E-state index in [2.05, 4.69) is 0 Å². The standard InChI is InChI=1S/C17H26N2O3/c1-17(2,3)22-16(21)19(13-14-7-5-4-6-8-14)18-11-9-15(20)10-12-18/h4-8,15,20H,9-13H2,1-3H3. The van der Waals surface area contributed by atoms with E-state index in [1.807, 2.05) is 56.1 Å². The number of aliphatic hydroxyl groups is 1. The highest BCUT2D eigenvalue weighted by Crippen LogP contribution is 2.19. The van der Waals surface area contributed by atoms with Crippen molar-refractivity contribution in [3.05, 3.63) is 35.9 Å². The number of carbonyl (C=O) groups excluding carboxylic acids is 1. The number of hydrogen-bond acceptors (Lipinski definition) is 4. The second-order valence-corrected chi connectivity index (χ2v) is 6.71. The summed E-state index contributed by atoms with van der Waals surface area (Å²) in [5, 5.41) is 13.3. The van der Waals surface area contributed by atoms with Gasteiger partial charge in [0.2, 0.25) is 0 Å². The SMILES string of the molecule is CC(C)(C)OC(=O)N(Cc1ccccc1)N1CCC(O)CC1. The van der Waals surface area contributed by atoms with Crippen molar-refractivity contribution >= 4 is 6.09 Å². The van der Waals surface area contributed by atoms with Crippen molar-refractivity contribution in [2.45, 2.75) is 51.9 Å². The van der Waals surface area contributed by atoms with Gasteiger partial charge in [0.1, 0.15) is 5.60 Å². The molecular weight excluding hydrogens is 280 g/mol. The van der Waals surface area contributed by atoms with Crippen LogP contribution in [0.1, 0.15) is 39.2 Å². The van der Waals surface area contributed by atoms with Gasteiger partial charge in [-0.3, -0.25) is 0 Å². The van der Waals surface area contributed by atoms with Crippen molar-refractivity contribution in [3.63, 3.8) is 0 Å². The maximum atomic E-state index is 12.5. The summed E-state index contributed by atoms with van der Waals surface area (Å²) in [5.41, 5.74) is 0.529. The molecule has 0 spiro atoms. The molecule has 1 aromatic carbocycles. The molecule has 1 saturated heterocycles. The van der Waals surface area contributed by atoms with E-state index in [1.165, 1.54) is 0 Å². The van der Waals surface area contributed by atoms with Gasteiger partial charge in [-0.2, -0.15) is 0 Å². The Morgan fingerprint density at radius 3 is 2.41 bits per heavy atom. The van der Waals surface area contributed by atoms with Crippen LogP contribution in [0.2, 0.25) is 0 Å². The van der Waals surface area contributed by atoms with Crippen LogP contribution in [-0.2, 0) is 11.3 Å². The Kier molecular flexibility index (Phi) is 5.42. The smallest absolute Gasteiger partial charge is 0.425 e. The van der Waals surface area contributed by atoms with Gasteiger partial charge in [-0.25, -0.2) is 14.8 Å². The van der Waals surface area contributed by atoms with E-state index in [1.54, 1.807) is 5.01 Å². The normalized spacial score (nSPS) is 17.3. The summed E-state index contributed by atoms with van der Waals surface area (Å²) in [6, 6.07) is 9.87. The number of rotatable bonds is 3. The fraction of sp³-hybridized carbons (Fsp3) is 0.588. The summed E-state index contributed by atoms with van der Waals surface area (Å²) in [7, 11) is 0. The number of hydrazine groups is 1. The van der Waals surface area contributed by atoms with Crippen LogP contribution in [0, 0.1) is 0 Å². The van der Waals surface area contributed by atoms with Gasteiger partial charge >= 0.3 is 6.09 Å². The average Bonchev–Trinajstić information content (AvgIpc) is 2.45. The van der Waals surface area contributed by atoms with E-state index in [-0.39, 0.29) is 12.2 Å². The lowest BCUT2D eigenvalue weighted by molar-refractivity contribution is -0.0780. The zero-order chi connectivity index (χ0) is 16.2. The van der Waals surface area contributed by atoms with Crippen LogP contribution in [0.25, 0.3) is 0 Å². The molecule has 1 amide bonds. The zero-order valence-corrected chi connectivity index (χ0v) is 13.7. The first-order valence-corrected chi connectivity index (χ1v) is 7.82. The minimum Gasteiger partial charge on any atom is -0.443 e. The maximum absolute atomic E-state index is 12.5. The van der Waals surface area contributed by atoms with E-state index in [0.29, 0.717) is 32.5 Å². The van der Waals surface area contributed by atoms with Crippen LogP contribution in [-0.4, -0.2) is 46.0 Å². The highest BCUT2D eigenvalue weighted by atomic mass is 16.6. The van der Waals surface area contributed by atoms with Crippen LogP contribution in [0.4, 0.5) is 4.79 Å². The summed E-state index contributed by atoms with van der Waals surface area (Å²) in [5.74, 6) is 0. The Labute approximate surface area is 132 Å². The molecule has 122 valence electrons. The van der Waals surface area contributed by atoms with E-state index in [9.17, 15) is 9.90 Å². The Bertz CT molecular complexity index is 476. The van der Waals surface area contributed by atoms with E-state index >= 15 is 0 Å². The van der Waals surface area contributed by atoms with Crippen LogP contribution in [0.15, 0.2) is 30.3 Å². The second-order valence-electron chi connectivity index (χ2n) is 6.71. The maximum Gasteiger partial charge on any atom is 0.425 e. The summed E-state index contributed by atoms with van der Waals surface area (Å²) in [6.45, 7) is 7.40. The topological polar surface area (TPSA) is 53.0 Å². The fourth-order valence-electron chi connectivity index (χ4n) is 2.44. The van der Waals surface area contributed by atoms with Crippen molar-refractivity contribution in [2.75, 3.05) is 13.1 Å². The molecule has 0 saturated carbocycles. The van der Waals surface area contributed by atoms with Gasteiger partial charge in [0.25, 0.3) is 0 Å². The monoisotopic (exact) mass is 306 g/mol. The molecule has 2 rings (SSSR count). The van der Waals surface area contributed by atoms with Gasteiger partial charge < -0.3 is 9.84 Å². The third-order valence-corrected chi connectivity index (χ3v) is 3.56. The van der Waals surface area contributed by atoms with Crippen molar-refractivity contribution in [3.8, 4) is 0 Å². The van der Waals surface area contributed by atoms with Crippen LogP contribution in [0.5, 0.6) is 0 Å². The van der Waals surface area contributed by atoms with E-state index < -0.39 is 5.60 Å². The zero-order valence-electron chi connectivity index (χ0n) is 13.7. The predicted octanol–water partition coefficient (Wildman–Crippen LogP) is 2.80. The summed E-state index contributed by atoms with van der Waals surface area (Å²) in [4.78, 5) is 12.5. The molecular formula is C17H26N2O3. The van der Waals surface area contributed by atoms with Gasteiger partial charge in [-0.15, -0.1) is 0 Å². The number of nitrogens with zero attached hydrogens (tertiary/aromatic N) is 2. The third kappa shape index (κ3) is 5.00. The predicted molar refractivity (Wildman–Crippen MR) is 85.0 cm³/mol. The van der Waals surface area contributed by atoms with Crippen molar-refractivity contribution in [2.24, 2.45) is 0 Å². The molecule has 1 aromatic rings. The van der Waals surface area contributed by atoms with Crippen molar-refractivity contribution < 1.29 is 14.6 Å². The summed E-state index contributed by atoms with van der Waals surface area (Å²) >= 11 is 0. The quantitative estimate of drug-likeness (QED) is 0.933. The highest BCUT2D eigenvalue weighted by molar-refractivity contribution is 5.67. The summed E-state index contributed by atoms with van der Waals surface area (Å²) < 4.78 is 5.53. The molecule has 1 aliphatic heterocycles. The molecule has 0 aromatic heterocycles. The van der Waals surface area contributed by atoms with E-state index in [4.69, 9.17) is 4.74 Å². The first kappa shape index (κ1) is 16.8. The lowest BCUT2D eigenvalue weighted by Crippen LogP contribution is -2.51. The Morgan fingerprint density at radius 2 is 1.86 bits per heavy atom. The lowest BCUT2D eigenvalue weighted by atomic mass is 10.1. The van der Waals surface area contributed by atoms with Gasteiger partial charge in [0, 0.05) is 13.1 Å². The number of carbonyl (C=O) groups is 1. The molecule has 0 aliphatic carbocycles. The fourth-order valence-corrected chi connectivity index (χ4v) is 2.44. The average molecular weight is 306 g/mol. The first-order chi connectivity index (χ1) is 10.3. The minimum absolute atomic E-state index is 0.270. The van der Waals surface area contributed by atoms with Crippen molar-refractivity contribution in [1.82, 2.24) is 10.0 Å². The number of piperidine rings is 1. The molecule has 22 heavy (non-hydrogen) atoms. The molecule has 1 aliphatic rings. The molecule has 0 radical (unpaired) electrons. The minimum atomic E-state index is -0.526. The third-order valence-electron chi connectivity index (χ3n) is 3.56. The molecule has 1 fully saturated rings. The van der Waals surface area contributed by atoms with Crippen LogP contribution >= 0.6 is 0 Å². The molecule has 0 atom stereocenters. The van der Waals surface area contributed by atoms with Gasteiger partial charge in [-0.1, -0.05) is 30.3 Å².